The number of fused-ring (bicyclic) bond motifs is 1. The molecule has 38 heavy (non-hydrogen) atoms. The number of nitrogens with zero attached hydrogens (tertiary/aromatic N) is 3. The standard InChI is InChI=1S/C26H21Cl2N5O5/c1-12-3-2-4-16-20(12)25(36)33(24(16)35)15-7-5-13(6-8-15)9-19(26(37)38)31-23(34)21-17(27)10-14(11-18(21)28)22(29)32-30/h2-8,10-11,19H,9,30H2,1H3,(H2,29,32)(H,31,34)(H,37,38)/p-1/t19-/m0/s1. The van der Waals surface area contributed by atoms with Gasteiger partial charge in [-0.05, 0) is 54.3 Å². The summed E-state index contributed by atoms with van der Waals surface area (Å²) in [5.41, 5.74) is 7.94. The van der Waals surface area contributed by atoms with Crippen LogP contribution in [0, 0.1) is 6.92 Å². The van der Waals surface area contributed by atoms with E-state index in [-0.39, 0.29) is 33.4 Å². The van der Waals surface area contributed by atoms with Crippen molar-refractivity contribution in [1.29, 1.82) is 0 Å². The van der Waals surface area contributed by atoms with Gasteiger partial charge in [0.25, 0.3) is 11.8 Å². The number of nitrogens with two attached hydrogens (primary N) is 2. The molecule has 0 bridgehead atoms. The molecule has 12 heteroatoms. The Hall–Kier alpha value is -4.41. The van der Waals surface area contributed by atoms with Crippen LogP contribution in [0.3, 0.4) is 0 Å². The van der Waals surface area contributed by atoms with Crippen LogP contribution in [-0.2, 0) is 11.2 Å². The van der Waals surface area contributed by atoms with Gasteiger partial charge in [0.2, 0.25) is 0 Å². The number of amides is 2. The monoisotopic (exact) mass is 552 g/mol. The van der Waals surface area contributed by atoms with Gasteiger partial charge in [0.05, 0.1) is 26.9 Å². The van der Waals surface area contributed by atoms with Gasteiger partial charge in [-0.2, -0.15) is 5.10 Å². The number of carbonyl (C=O) groups is 3. The van der Waals surface area contributed by atoms with Crippen LogP contribution >= 0.6 is 23.2 Å². The molecule has 0 fully saturated rings. The zero-order valence-electron chi connectivity index (χ0n) is 19.8. The van der Waals surface area contributed by atoms with E-state index < -0.39 is 29.7 Å². The van der Waals surface area contributed by atoms with Gasteiger partial charge in [0.1, 0.15) is 5.84 Å². The largest absolute Gasteiger partial charge is 0.858 e. The van der Waals surface area contributed by atoms with Gasteiger partial charge in [0, 0.05) is 17.5 Å². The highest BCUT2D eigenvalue weighted by Gasteiger charge is 2.37. The van der Waals surface area contributed by atoms with Crippen LogP contribution < -0.4 is 21.6 Å². The van der Waals surface area contributed by atoms with Crippen molar-refractivity contribution in [1.82, 2.24) is 0 Å². The van der Waals surface area contributed by atoms with E-state index in [1.807, 2.05) is 0 Å². The van der Waals surface area contributed by atoms with Crippen molar-refractivity contribution in [2.24, 2.45) is 21.7 Å². The molecule has 1 aliphatic rings. The van der Waals surface area contributed by atoms with Crippen LogP contribution in [0.5, 0.6) is 0 Å². The van der Waals surface area contributed by atoms with Gasteiger partial charge in [-0.1, -0.05) is 47.5 Å². The maximum Gasteiger partial charge on any atom is 0.328 e. The molecule has 3 aromatic carbocycles. The normalized spacial score (nSPS) is 14.6. The fraction of sp³-hybridized carbons (Fsp3) is 0.115. The fourth-order valence-electron chi connectivity index (χ4n) is 4.09. The average molecular weight is 553 g/mol. The van der Waals surface area contributed by atoms with E-state index in [2.05, 4.69) is 10.1 Å². The Morgan fingerprint density at radius 2 is 1.71 bits per heavy atom. The summed E-state index contributed by atoms with van der Waals surface area (Å²) in [5.74, 6) is 1.94. The molecule has 0 aliphatic carbocycles. The number of amidine groups is 1. The molecule has 1 heterocycles. The van der Waals surface area contributed by atoms with Crippen molar-refractivity contribution in [3.05, 3.63) is 98.0 Å². The highest BCUT2D eigenvalue weighted by atomic mass is 35.5. The Bertz CT molecular complexity index is 1510. The smallest absolute Gasteiger partial charge is 0.328 e. The van der Waals surface area contributed by atoms with Gasteiger partial charge in [-0.15, -0.1) is 0 Å². The number of hydrogen-bond donors (Lipinski definition) is 3. The van der Waals surface area contributed by atoms with Crippen LogP contribution in [0.2, 0.25) is 10.0 Å². The maximum absolute atomic E-state index is 12.9. The summed E-state index contributed by atoms with van der Waals surface area (Å²) in [6, 6.07) is 12.4. The minimum absolute atomic E-state index is 0.0621. The van der Waals surface area contributed by atoms with Crippen molar-refractivity contribution >= 4 is 58.4 Å². The number of imide groups is 1. The quantitative estimate of drug-likeness (QED) is 0.132. The Balaban J connectivity index is 1.57. The molecule has 3 aromatic rings. The first-order valence-electron chi connectivity index (χ1n) is 11.1. The van der Waals surface area contributed by atoms with Gasteiger partial charge < -0.3 is 21.8 Å². The Morgan fingerprint density at radius 3 is 2.26 bits per heavy atom. The third-order valence-electron chi connectivity index (χ3n) is 6.00. The number of benzene rings is 3. The van der Waals surface area contributed by atoms with Crippen molar-refractivity contribution < 1.29 is 24.6 Å². The van der Waals surface area contributed by atoms with E-state index in [1.165, 1.54) is 24.3 Å². The SMILES string of the molecule is Cc1cccc2c1C(=O)N(c1ccc(C[C@H](N=C([O-])c3c(Cl)cc(C(N)=NN)cc3Cl)C(=O)O)cc1)C2=O. The third-order valence-corrected chi connectivity index (χ3v) is 6.59. The molecule has 0 unspecified atom stereocenters. The molecule has 4 rings (SSSR count). The second-order valence-electron chi connectivity index (χ2n) is 8.43. The number of carboxylic acid groups (broad SMARTS) is 1. The summed E-state index contributed by atoms with van der Waals surface area (Å²) >= 11 is 12.4. The van der Waals surface area contributed by atoms with Crippen LogP contribution in [0.15, 0.2) is 64.7 Å². The first-order chi connectivity index (χ1) is 18.0. The minimum Gasteiger partial charge on any atom is -0.858 e. The van der Waals surface area contributed by atoms with Gasteiger partial charge in [-0.3, -0.25) is 14.6 Å². The fourth-order valence-corrected chi connectivity index (χ4v) is 4.74. The minimum atomic E-state index is -1.46. The number of hydrogen-bond acceptors (Lipinski definition) is 7. The predicted octanol–water partition coefficient (Wildman–Crippen LogP) is 2.48. The molecule has 1 atom stereocenters. The second-order valence-corrected chi connectivity index (χ2v) is 9.25. The molecule has 0 spiro atoms. The predicted molar refractivity (Wildman–Crippen MR) is 142 cm³/mol. The van der Waals surface area contributed by atoms with Crippen LogP contribution in [-0.4, -0.2) is 40.7 Å². The van der Waals surface area contributed by atoms with Crippen molar-refractivity contribution in [2.75, 3.05) is 4.90 Å². The molecule has 194 valence electrons. The number of carboxylic acids is 1. The molecular weight excluding hydrogens is 533 g/mol. The van der Waals surface area contributed by atoms with E-state index in [0.29, 0.717) is 27.9 Å². The Labute approximate surface area is 226 Å². The molecular formula is C26H20Cl2N5O5-. The van der Waals surface area contributed by atoms with Crippen molar-refractivity contribution in [2.45, 2.75) is 19.4 Å². The summed E-state index contributed by atoms with van der Waals surface area (Å²) in [6.07, 6.45) is -0.150. The lowest BCUT2D eigenvalue weighted by molar-refractivity contribution is -0.213. The molecule has 0 aromatic heterocycles. The number of rotatable bonds is 7. The topological polar surface area (TPSA) is 174 Å². The number of hydrazone groups is 1. The zero-order chi connectivity index (χ0) is 27.7. The van der Waals surface area contributed by atoms with Crippen LogP contribution in [0.4, 0.5) is 5.69 Å². The van der Waals surface area contributed by atoms with Gasteiger partial charge in [-0.25, -0.2) is 9.69 Å². The molecule has 0 radical (unpaired) electrons. The number of aliphatic carboxylic acids is 1. The Kier molecular flexibility index (Phi) is 7.38. The Morgan fingerprint density at radius 1 is 1.08 bits per heavy atom. The zero-order valence-corrected chi connectivity index (χ0v) is 21.3. The highest BCUT2D eigenvalue weighted by molar-refractivity contribution is 6.40. The number of halogens is 2. The van der Waals surface area contributed by atoms with E-state index in [1.54, 1.807) is 37.3 Å². The van der Waals surface area contributed by atoms with E-state index in [4.69, 9.17) is 34.8 Å². The lowest BCUT2D eigenvalue weighted by Gasteiger charge is -2.19. The van der Waals surface area contributed by atoms with Crippen LogP contribution in [0.25, 0.3) is 0 Å². The average Bonchev–Trinajstić information content (AvgIpc) is 3.13. The summed E-state index contributed by atoms with van der Waals surface area (Å²) < 4.78 is 0. The number of carbonyl (C=O) groups excluding carboxylic acids is 2. The molecule has 2 amide bonds. The third kappa shape index (κ3) is 4.91. The number of aliphatic imine (C=N–C) groups is 1. The lowest BCUT2D eigenvalue weighted by atomic mass is 10.0. The summed E-state index contributed by atoms with van der Waals surface area (Å²) in [6.45, 7) is 1.76. The van der Waals surface area contributed by atoms with Gasteiger partial charge in [0.15, 0.2) is 6.04 Å². The molecule has 1 aliphatic heterocycles. The summed E-state index contributed by atoms with van der Waals surface area (Å²) in [7, 11) is 0. The molecule has 0 saturated heterocycles. The van der Waals surface area contributed by atoms with E-state index >= 15 is 0 Å². The van der Waals surface area contributed by atoms with Crippen LogP contribution in [0.1, 0.15) is 43.0 Å². The number of anilines is 1. The molecule has 0 saturated carbocycles. The summed E-state index contributed by atoms with van der Waals surface area (Å²) in [4.78, 5) is 42.5. The molecule has 5 N–H and O–H groups in total. The van der Waals surface area contributed by atoms with Gasteiger partial charge >= 0.3 is 5.97 Å². The maximum atomic E-state index is 12.9. The second kappa shape index (κ2) is 10.5. The first-order valence-corrected chi connectivity index (χ1v) is 11.9. The number of aryl methyl sites for hydroxylation is 1. The highest BCUT2D eigenvalue weighted by Crippen LogP contribution is 2.31. The van der Waals surface area contributed by atoms with E-state index in [0.717, 1.165) is 4.90 Å². The van der Waals surface area contributed by atoms with E-state index in [9.17, 15) is 24.6 Å². The van der Waals surface area contributed by atoms with Crippen molar-refractivity contribution in [3.63, 3.8) is 0 Å². The first kappa shape index (κ1) is 26.6. The lowest BCUT2D eigenvalue weighted by Crippen LogP contribution is -2.30. The molecule has 10 nitrogen and oxygen atoms in total. The van der Waals surface area contributed by atoms with Crippen molar-refractivity contribution in [3.8, 4) is 0 Å². The summed E-state index contributed by atoms with van der Waals surface area (Å²) in [5, 5.41) is 25.6.